The Morgan fingerprint density at radius 2 is 1.94 bits per heavy atom. The molecule has 4 rings (SSSR count). The van der Waals surface area contributed by atoms with Crippen LogP contribution in [0, 0.1) is 5.92 Å². The quantitative estimate of drug-likeness (QED) is 0.460. The zero-order valence-corrected chi connectivity index (χ0v) is 17.5. The Balaban J connectivity index is 1.48. The lowest BCUT2D eigenvalue weighted by atomic mass is 10.1. The smallest absolute Gasteiger partial charge is 0.336 e. The summed E-state index contributed by atoms with van der Waals surface area (Å²) in [5.74, 6) is -0.443. The molecule has 1 amide bonds. The summed E-state index contributed by atoms with van der Waals surface area (Å²) in [6.45, 7) is -0.0197. The highest BCUT2D eigenvalue weighted by Crippen LogP contribution is 2.36. The summed E-state index contributed by atoms with van der Waals surface area (Å²) in [4.78, 5) is 38.6. The van der Waals surface area contributed by atoms with Crippen LogP contribution in [0.5, 0.6) is 17.2 Å². The molecule has 1 aromatic heterocycles. The molecule has 0 spiro atoms. The van der Waals surface area contributed by atoms with Gasteiger partial charge in [-0.15, -0.1) is 0 Å². The second kappa shape index (κ2) is 8.62. The van der Waals surface area contributed by atoms with E-state index < -0.39 is 17.5 Å². The number of rotatable bonds is 6. The van der Waals surface area contributed by atoms with Crippen LogP contribution in [0.4, 0.5) is 5.69 Å². The zero-order valence-electron chi connectivity index (χ0n) is 17.5. The Morgan fingerprint density at radius 3 is 2.69 bits per heavy atom. The molecular weight excluding hydrogens is 418 g/mol. The fourth-order valence-electron chi connectivity index (χ4n) is 3.71. The van der Waals surface area contributed by atoms with Crippen LogP contribution in [0.3, 0.4) is 0 Å². The molecule has 2 aromatic carbocycles. The molecule has 0 saturated carbocycles. The van der Waals surface area contributed by atoms with Crippen LogP contribution < -0.4 is 20.0 Å². The molecule has 1 fully saturated rings. The average Bonchev–Trinajstić information content (AvgIpc) is 3.17. The SMILES string of the molecule is COc1ccc(N2C[C@H](C(=O)OCc3cc(=O)oc4cc(O)ccc34)CC2=O)c(OC)c1. The molecule has 0 unspecified atom stereocenters. The largest absolute Gasteiger partial charge is 0.508 e. The predicted molar refractivity (Wildman–Crippen MR) is 114 cm³/mol. The Morgan fingerprint density at radius 1 is 1.12 bits per heavy atom. The van der Waals surface area contributed by atoms with Crippen molar-refractivity contribution in [2.45, 2.75) is 13.0 Å². The van der Waals surface area contributed by atoms with Crippen molar-refractivity contribution in [2.24, 2.45) is 5.92 Å². The van der Waals surface area contributed by atoms with E-state index in [1.54, 1.807) is 24.3 Å². The van der Waals surface area contributed by atoms with Gasteiger partial charge in [0.25, 0.3) is 0 Å². The van der Waals surface area contributed by atoms with E-state index in [1.165, 1.54) is 37.3 Å². The third kappa shape index (κ3) is 4.09. The number of nitrogens with zero attached hydrogens (tertiary/aromatic N) is 1. The first-order valence-corrected chi connectivity index (χ1v) is 9.84. The van der Waals surface area contributed by atoms with Crippen LogP contribution in [0.25, 0.3) is 11.0 Å². The Bertz CT molecular complexity index is 1250. The minimum atomic E-state index is -0.662. The number of anilines is 1. The van der Waals surface area contributed by atoms with Crippen LogP contribution >= 0.6 is 0 Å². The second-order valence-electron chi connectivity index (χ2n) is 7.32. The van der Waals surface area contributed by atoms with Crippen molar-refractivity contribution in [3.8, 4) is 17.2 Å². The number of hydrogen-bond acceptors (Lipinski definition) is 8. The van der Waals surface area contributed by atoms with Crippen molar-refractivity contribution < 1.29 is 33.3 Å². The number of esters is 1. The number of methoxy groups -OCH3 is 2. The van der Waals surface area contributed by atoms with Gasteiger partial charge in [0.1, 0.15) is 29.4 Å². The molecule has 1 saturated heterocycles. The van der Waals surface area contributed by atoms with Crippen LogP contribution in [0.1, 0.15) is 12.0 Å². The summed E-state index contributed by atoms with van der Waals surface area (Å²) in [6, 6.07) is 10.7. The maximum atomic E-state index is 12.7. The Labute approximate surface area is 182 Å². The van der Waals surface area contributed by atoms with Gasteiger partial charge < -0.3 is 28.6 Å². The number of aromatic hydroxyl groups is 1. The number of benzene rings is 2. The van der Waals surface area contributed by atoms with Crippen molar-refractivity contribution >= 4 is 28.5 Å². The van der Waals surface area contributed by atoms with E-state index in [1.807, 2.05) is 0 Å². The lowest BCUT2D eigenvalue weighted by Crippen LogP contribution is -2.26. The number of hydrogen-bond donors (Lipinski definition) is 1. The summed E-state index contributed by atoms with van der Waals surface area (Å²) in [5.41, 5.74) is 0.558. The summed E-state index contributed by atoms with van der Waals surface area (Å²) in [7, 11) is 3.02. The molecule has 0 aliphatic carbocycles. The van der Waals surface area contributed by atoms with E-state index in [9.17, 15) is 19.5 Å². The first kappa shape index (κ1) is 21.2. The van der Waals surface area contributed by atoms with Crippen molar-refractivity contribution in [1.29, 1.82) is 0 Å². The molecule has 0 radical (unpaired) electrons. The van der Waals surface area contributed by atoms with Crippen LogP contribution in [-0.2, 0) is 20.9 Å². The van der Waals surface area contributed by atoms with E-state index >= 15 is 0 Å². The molecule has 1 N–H and O–H groups in total. The number of phenolic OH excluding ortho intramolecular Hbond substituents is 1. The van der Waals surface area contributed by atoms with Gasteiger partial charge in [-0.05, 0) is 24.3 Å². The first-order valence-electron chi connectivity index (χ1n) is 9.84. The number of carbonyl (C=O) groups is 2. The fourth-order valence-corrected chi connectivity index (χ4v) is 3.71. The Kier molecular flexibility index (Phi) is 5.72. The van der Waals surface area contributed by atoms with Gasteiger partial charge in [-0.25, -0.2) is 4.79 Å². The van der Waals surface area contributed by atoms with Gasteiger partial charge >= 0.3 is 11.6 Å². The number of carbonyl (C=O) groups excluding carboxylic acids is 2. The van der Waals surface area contributed by atoms with E-state index in [0.717, 1.165) is 0 Å². The molecule has 0 bridgehead atoms. The molecule has 9 heteroatoms. The van der Waals surface area contributed by atoms with Crippen molar-refractivity contribution in [3.63, 3.8) is 0 Å². The number of ether oxygens (including phenoxy) is 3. The lowest BCUT2D eigenvalue weighted by Gasteiger charge is -2.20. The summed E-state index contributed by atoms with van der Waals surface area (Å²) in [5, 5.41) is 10.1. The standard InChI is InChI=1S/C23H21NO8/c1-29-16-4-6-18(20(10-16)30-2)24-11-13(7-21(24)26)23(28)31-12-14-8-22(27)32-19-9-15(25)3-5-17(14)19/h3-6,8-10,13,25H,7,11-12H2,1-2H3/t13-/m1/s1. The number of phenols is 1. The molecule has 3 aromatic rings. The maximum Gasteiger partial charge on any atom is 0.336 e. The van der Waals surface area contributed by atoms with Crippen molar-refractivity contribution in [3.05, 3.63) is 58.4 Å². The molecule has 2 heterocycles. The highest BCUT2D eigenvalue weighted by molar-refractivity contribution is 6.00. The first-order chi connectivity index (χ1) is 15.4. The van der Waals surface area contributed by atoms with Gasteiger partial charge in [0.2, 0.25) is 5.91 Å². The van der Waals surface area contributed by atoms with Crippen LogP contribution in [0.2, 0.25) is 0 Å². The van der Waals surface area contributed by atoms with Crippen LogP contribution in [0.15, 0.2) is 51.7 Å². The van der Waals surface area contributed by atoms with E-state index in [0.29, 0.717) is 28.1 Å². The lowest BCUT2D eigenvalue weighted by molar-refractivity contribution is -0.149. The van der Waals surface area contributed by atoms with Crippen molar-refractivity contribution in [2.75, 3.05) is 25.7 Å². The molecule has 1 atom stereocenters. The predicted octanol–water partition coefficient (Wildman–Crippen LogP) is 2.61. The fraction of sp³-hybridized carbons (Fsp3) is 0.261. The normalized spacial score (nSPS) is 15.8. The molecule has 9 nitrogen and oxygen atoms in total. The van der Waals surface area contributed by atoms with Crippen molar-refractivity contribution in [1.82, 2.24) is 0 Å². The molecule has 1 aliphatic heterocycles. The molecular formula is C23H21NO8. The van der Waals surface area contributed by atoms with Gasteiger partial charge in [0.15, 0.2) is 0 Å². The summed E-state index contributed by atoms with van der Waals surface area (Å²) >= 11 is 0. The zero-order chi connectivity index (χ0) is 22.8. The number of fused-ring (bicyclic) bond motifs is 1. The number of amides is 1. The third-order valence-electron chi connectivity index (χ3n) is 5.32. The average molecular weight is 439 g/mol. The molecule has 1 aliphatic rings. The molecule has 32 heavy (non-hydrogen) atoms. The molecule has 166 valence electrons. The third-order valence-corrected chi connectivity index (χ3v) is 5.32. The highest BCUT2D eigenvalue weighted by Gasteiger charge is 2.37. The maximum absolute atomic E-state index is 12.7. The van der Waals surface area contributed by atoms with Gasteiger partial charge in [-0.3, -0.25) is 9.59 Å². The van der Waals surface area contributed by atoms with Crippen LogP contribution in [-0.4, -0.2) is 37.7 Å². The minimum absolute atomic E-state index is 0.000431. The Hall–Kier alpha value is -4.01. The monoisotopic (exact) mass is 439 g/mol. The topological polar surface area (TPSA) is 116 Å². The van der Waals surface area contributed by atoms with E-state index in [2.05, 4.69) is 0 Å². The highest BCUT2D eigenvalue weighted by atomic mass is 16.5. The van der Waals surface area contributed by atoms with E-state index in [4.69, 9.17) is 18.6 Å². The van der Waals surface area contributed by atoms with Gasteiger partial charge in [-0.1, -0.05) is 0 Å². The second-order valence-corrected chi connectivity index (χ2v) is 7.32. The van der Waals surface area contributed by atoms with Gasteiger partial charge in [-0.2, -0.15) is 0 Å². The summed E-state index contributed by atoms with van der Waals surface area (Å²) < 4.78 is 21.0. The van der Waals surface area contributed by atoms with Gasteiger partial charge in [0, 0.05) is 42.1 Å². The summed E-state index contributed by atoms with van der Waals surface area (Å²) in [6.07, 6.45) is -0.000431. The minimum Gasteiger partial charge on any atom is -0.508 e. The van der Waals surface area contributed by atoms with Gasteiger partial charge in [0.05, 0.1) is 25.8 Å². The van der Waals surface area contributed by atoms with E-state index in [-0.39, 0.29) is 36.8 Å².